The number of rotatable bonds is 27. The molecule has 0 fully saturated rings. The molecule has 0 rings (SSSR count). The van der Waals surface area contributed by atoms with Gasteiger partial charge >= 0.3 is 31.7 Å². The Bertz CT molecular complexity index is 857. The third-order valence-corrected chi connectivity index (χ3v) is 6.68. The molecule has 2 atom stereocenters. The lowest BCUT2D eigenvalue weighted by Crippen LogP contribution is -2.52. The molecule has 0 aromatic carbocycles. The minimum atomic E-state index is -4.62. The average Bonchev–Trinajstić information content (AvgIpc) is 2.82. The number of carboxylic acids is 4. The summed E-state index contributed by atoms with van der Waals surface area (Å²) in [6.45, 7) is 1.21. The molecule has 2 unspecified atom stereocenters. The van der Waals surface area contributed by atoms with Gasteiger partial charge in [0, 0.05) is 25.7 Å². The quantitative estimate of drug-likeness (QED) is 0.0433. The second-order valence-electron chi connectivity index (χ2n) is 9.51. The third-order valence-electron chi connectivity index (χ3n) is 5.70. The summed E-state index contributed by atoms with van der Waals surface area (Å²) in [6.07, 6.45) is 5.40. The highest BCUT2D eigenvalue weighted by Crippen LogP contribution is 2.43. The second-order valence-corrected chi connectivity index (χ2v) is 11.0. The van der Waals surface area contributed by atoms with Crippen LogP contribution >= 0.6 is 7.82 Å². The van der Waals surface area contributed by atoms with Crippen LogP contribution in [-0.2, 0) is 32.8 Å². The molecule has 41 heavy (non-hydrogen) atoms. The first-order valence-corrected chi connectivity index (χ1v) is 14.7. The van der Waals surface area contributed by atoms with Gasteiger partial charge in [0.05, 0.1) is 51.7 Å². The van der Waals surface area contributed by atoms with Crippen LogP contribution in [0.1, 0.15) is 45.4 Å². The average molecular weight is 614 g/mol. The Balaban J connectivity index is 5.64. The van der Waals surface area contributed by atoms with E-state index in [1.54, 1.807) is 0 Å². The van der Waals surface area contributed by atoms with Gasteiger partial charge in [-0.3, -0.25) is 42.9 Å². The van der Waals surface area contributed by atoms with Crippen molar-refractivity contribution < 1.29 is 63.2 Å². The number of hydrogen-bond donors (Lipinski definition) is 6. The molecule has 0 heterocycles. The van der Waals surface area contributed by atoms with E-state index in [1.807, 2.05) is 0 Å². The number of aliphatic hydroxyl groups is 1. The second kappa shape index (κ2) is 21.2. The molecule has 0 saturated carbocycles. The van der Waals surface area contributed by atoms with Gasteiger partial charge in [-0.2, -0.15) is 0 Å². The van der Waals surface area contributed by atoms with Crippen molar-refractivity contribution in [3.05, 3.63) is 12.3 Å². The molecule has 0 aliphatic rings. The highest BCUT2D eigenvalue weighted by molar-refractivity contribution is 7.47. The fourth-order valence-corrected chi connectivity index (χ4v) is 4.68. The predicted octanol–water partition coefficient (Wildman–Crippen LogP) is 1.17. The topological polar surface area (TPSA) is 235 Å². The lowest BCUT2D eigenvalue weighted by Gasteiger charge is -2.34. The SMILES string of the molecule is C=C(O)CN(CCN(CC(=O)O)CC(COP(=O)(O)OCCCCCCCC)N(CC(=O)O)CC(=O)O)CC(=O)O. The van der Waals surface area contributed by atoms with E-state index in [1.165, 1.54) is 9.80 Å². The summed E-state index contributed by atoms with van der Waals surface area (Å²) in [4.78, 5) is 59.2. The molecule has 0 spiro atoms. The number of carboxylic acid groups (broad SMARTS) is 4. The molecule has 16 nitrogen and oxygen atoms in total. The molecule has 0 aromatic heterocycles. The maximum absolute atomic E-state index is 12.5. The van der Waals surface area contributed by atoms with Crippen LogP contribution in [0.3, 0.4) is 0 Å². The minimum Gasteiger partial charge on any atom is -0.512 e. The van der Waals surface area contributed by atoms with Gasteiger partial charge in [0.15, 0.2) is 0 Å². The van der Waals surface area contributed by atoms with Crippen LogP contribution in [0.25, 0.3) is 0 Å². The fraction of sp³-hybridized carbons (Fsp3) is 0.750. The van der Waals surface area contributed by atoms with E-state index in [2.05, 4.69) is 13.5 Å². The Hall–Kier alpha value is -2.59. The summed E-state index contributed by atoms with van der Waals surface area (Å²) in [5, 5.41) is 46.6. The van der Waals surface area contributed by atoms with Crippen molar-refractivity contribution in [2.45, 2.75) is 51.5 Å². The van der Waals surface area contributed by atoms with E-state index in [4.69, 9.17) is 14.2 Å². The van der Waals surface area contributed by atoms with Gasteiger partial charge < -0.3 is 30.4 Å². The lowest BCUT2D eigenvalue weighted by molar-refractivity contribution is -0.144. The molecule has 0 bridgehead atoms. The summed E-state index contributed by atoms with van der Waals surface area (Å²) in [5.41, 5.74) is 0. The number of phosphoric acid groups is 1. The van der Waals surface area contributed by atoms with Crippen molar-refractivity contribution in [1.29, 1.82) is 0 Å². The Morgan fingerprint density at radius 1 is 0.732 bits per heavy atom. The first-order chi connectivity index (χ1) is 19.1. The standard InChI is InChI=1S/C24H44N3O13P/c1-3-4-5-6-7-8-11-39-41(37,38)40-18-20(27(16-23(33)34)17-24(35)36)13-26(15-22(31)32)10-9-25(12-19(2)28)14-21(29)30/h20,28H,2-18H2,1H3,(H,29,30)(H,31,32)(H,33,34)(H,35,36)(H,37,38). The summed E-state index contributed by atoms with van der Waals surface area (Å²) >= 11 is 0. The molecule has 0 amide bonds. The Morgan fingerprint density at radius 3 is 1.73 bits per heavy atom. The Kier molecular flexibility index (Phi) is 19.8. The van der Waals surface area contributed by atoms with Crippen LogP contribution in [-0.4, -0.2) is 141 Å². The largest absolute Gasteiger partial charge is 0.512 e. The van der Waals surface area contributed by atoms with Gasteiger partial charge in [-0.15, -0.1) is 0 Å². The van der Waals surface area contributed by atoms with E-state index in [0.717, 1.165) is 37.0 Å². The highest BCUT2D eigenvalue weighted by Gasteiger charge is 2.30. The minimum absolute atomic E-state index is 0.0650. The maximum Gasteiger partial charge on any atom is 0.472 e. The number of nitrogens with zero attached hydrogens (tertiary/aromatic N) is 3. The Labute approximate surface area is 239 Å². The van der Waals surface area contributed by atoms with Crippen molar-refractivity contribution in [3.8, 4) is 0 Å². The van der Waals surface area contributed by atoms with Gasteiger partial charge in [-0.05, 0) is 6.42 Å². The Morgan fingerprint density at radius 2 is 1.22 bits per heavy atom. The smallest absolute Gasteiger partial charge is 0.472 e. The van der Waals surface area contributed by atoms with Gasteiger partial charge in [0.2, 0.25) is 0 Å². The van der Waals surface area contributed by atoms with Crippen molar-refractivity contribution in [1.82, 2.24) is 14.7 Å². The first-order valence-electron chi connectivity index (χ1n) is 13.2. The van der Waals surface area contributed by atoms with E-state index in [9.17, 15) is 49.1 Å². The zero-order valence-electron chi connectivity index (χ0n) is 23.4. The number of aliphatic hydroxyl groups excluding tert-OH is 1. The van der Waals surface area contributed by atoms with Crippen LogP contribution in [0.15, 0.2) is 12.3 Å². The first kappa shape index (κ1) is 38.4. The normalized spacial score (nSPS) is 13.8. The molecule has 0 aliphatic heterocycles. The van der Waals surface area contributed by atoms with E-state index >= 15 is 0 Å². The highest BCUT2D eigenvalue weighted by atomic mass is 31.2. The number of carbonyl (C=O) groups is 4. The number of hydrogen-bond acceptors (Lipinski definition) is 11. The lowest BCUT2D eigenvalue weighted by atomic mass is 10.1. The molecule has 0 radical (unpaired) electrons. The maximum atomic E-state index is 12.5. The van der Waals surface area contributed by atoms with Gasteiger partial charge in [0.25, 0.3) is 0 Å². The monoisotopic (exact) mass is 613 g/mol. The van der Waals surface area contributed by atoms with Crippen molar-refractivity contribution in [3.63, 3.8) is 0 Å². The van der Waals surface area contributed by atoms with E-state index in [-0.39, 0.29) is 38.5 Å². The predicted molar refractivity (Wildman–Crippen MR) is 146 cm³/mol. The summed E-state index contributed by atoms with van der Waals surface area (Å²) < 4.78 is 22.5. The molecule has 6 N–H and O–H groups in total. The van der Waals surface area contributed by atoms with Crippen molar-refractivity contribution in [2.24, 2.45) is 0 Å². The zero-order valence-corrected chi connectivity index (χ0v) is 24.3. The van der Waals surface area contributed by atoms with E-state index < -0.39 is 70.5 Å². The zero-order chi connectivity index (χ0) is 31.4. The molecular formula is C24H44N3O13P. The molecule has 0 aromatic rings. The molecule has 0 saturated heterocycles. The van der Waals surface area contributed by atoms with Crippen LogP contribution in [0, 0.1) is 0 Å². The summed E-state index contributed by atoms with van der Waals surface area (Å²) in [6, 6.07) is -1.19. The fourth-order valence-electron chi connectivity index (χ4n) is 3.89. The molecule has 238 valence electrons. The molecular weight excluding hydrogens is 569 g/mol. The van der Waals surface area contributed by atoms with Crippen molar-refractivity contribution >= 4 is 31.7 Å². The van der Waals surface area contributed by atoms with Gasteiger partial charge in [-0.25, -0.2) is 4.57 Å². The van der Waals surface area contributed by atoms with Crippen LogP contribution in [0.4, 0.5) is 0 Å². The summed E-state index contributed by atoms with van der Waals surface area (Å²) in [5.74, 6) is -5.63. The van der Waals surface area contributed by atoms with Crippen molar-refractivity contribution in [2.75, 3.05) is 65.6 Å². The van der Waals surface area contributed by atoms with Gasteiger partial charge in [0.1, 0.15) is 0 Å². The van der Waals surface area contributed by atoms with Gasteiger partial charge in [-0.1, -0.05) is 45.6 Å². The number of aliphatic carboxylic acids is 4. The summed E-state index contributed by atoms with van der Waals surface area (Å²) in [7, 11) is -4.62. The molecule has 0 aliphatic carbocycles. The van der Waals surface area contributed by atoms with Crippen LogP contribution < -0.4 is 0 Å². The van der Waals surface area contributed by atoms with E-state index in [0.29, 0.717) is 6.42 Å². The van der Waals surface area contributed by atoms with Crippen LogP contribution in [0.5, 0.6) is 0 Å². The number of phosphoric ester groups is 1. The number of unbranched alkanes of at least 4 members (excludes halogenated alkanes) is 5. The molecule has 17 heteroatoms. The third kappa shape index (κ3) is 21.8. The van der Waals surface area contributed by atoms with Crippen LogP contribution in [0.2, 0.25) is 0 Å².